The summed E-state index contributed by atoms with van der Waals surface area (Å²) in [6, 6.07) is 13.2. The van der Waals surface area contributed by atoms with Gasteiger partial charge in [0, 0.05) is 20.1 Å². The largest absolute Gasteiger partial charge is 0.383 e. The Kier molecular flexibility index (Phi) is 6.49. The molecule has 2 aromatic carbocycles. The lowest BCUT2D eigenvalue weighted by Gasteiger charge is -2.22. The maximum Gasteiger partial charge on any atom is 0.258 e. The van der Waals surface area contributed by atoms with Crippen molar-refractivity contribution in [3.05, 3.63) is 76.1 Å². The maximum absolute atomic E-state index is 13.0. The number of nitrogens with one attached hydrogen (secondary N) is 1. The van der Waals surface area contributed by atoms with Gasteiger partial charge in [0.2, 0.25) is 5.91 Å². The lowest BCUT2D eigenvalue weighted by Crippen LogP contribution is -2.34. The summed E-state index contributed by atoms with van der Waals surface area (Å²) < 4.78 is 18.1. The second kappa shape index (κ2) is 9.23. The number of methoxy groups -OCH3 is 1. The van der Waals surface area contributed by atoms with Gasteiger partial charge in [-0.1, -0.05) is 24.3 Å². The van der Waals surface area contributed by atoms with Gasteiger partial charge in [-0.15, -0.1) is 0 Å². The predicted molar refractivity (Wildman–Crippen MR) is 104 cm³/mol. The molecular weight excluding hydrogens is 361 g/mol. The average Bonchev–Trinajstić information content (AvgIpc) is 2.70. The van der Waals surface area contributed by atoms with E-state index in [-0.39, 0.29) is 30.2 Å². The lowest BCUT2D eigenvalue weighted by atomic mass is 10.1. The number of carbonyl (C=O) groups excluding carboxylic acids is 1. The molecule has 1 heterocycles. The molecule has 0 spiro atoms. The number of rotatable bonds is 8. The van der Waals surface area contributed by atoms with Gasteiger partial charge in [-0.2, -0.15) is 0 Å². The van der Waals surface area contributed by atoms with E-state index >= 15 is 0 Å². The molecule has 3 rings (SSSR count). The zero-order valence-electron chi connectivity index (χ0n) is 15.7. The van der Waals surface area contributed by atoms with E-state index in [1.54, 1.807) is 42.3 Å². The Labute approximate surface area is 162 Å². The van der Waals surface area contributed by atoms with Crippen LogP contribution in [0.15, 0.2) is 53.3 Å². The van der Waals surface area contributed by atoms with Crippen LogP contribution in [0.1, 0.15) is 17.8 Å². The minimum absolute atomic E-state index is 0.0859. The average molecular weight is 383 g/mol. The zero-order valence-corrected chi connectivity index (χ0v) is 15.7. The van der Waals surface area contributed by atoms with E-state index in [4.69, 9.17) is 4.74 Å². The second-order valence-corrected chi connectivity index (χ2v) is 6.46. The lowest BCUT2D eigenvalue weighted by molar-refractivity contribution is -0.132. The SMILES string of the molecule is COCCN(Cc1nc2ccccc2c(=O)[nH]1)C(=O)CCc1ccc(F)cc1. The molecule has 0 unspecified atom stereocenters. The molecule has 0 aliphatic heterocycles. The van der Waals surface area contributed by atoms with Crippen LogP contribution in [0.2, 0.25) is 0 Å². The Morgan fingerprint density at radius 2 is 1.93 bits per heavy atom. The van der Waals surface area contributed by atoms with Gasteiger partial charge in [-0.3, -0.25) is 9.59 Å². The van der Waals surface area contributed by atoms with Crippen LogP contribution in [0.4, 0.5) is 4.39 Å². The highest BCUT2D eigenvalue weighted by atomic mass is 19.1. The van der Waals surface area contributed by atoms with Gasteiger partial charge in [0.1, 0.15) is 11.6 Å². The monoisotopic (exact) mass is 383 g/mol. The first-order valence-electron chi connectivity index (χ1n) is 9.06. The molecule has 0 atom stereocenters. The topological polar surface area (TPSA) is 75.3 Å². The molecule has 0 saturated carbocycles. The number of H-pyrrole nitrogens is 1. The molecule has 0 bridgehead atoms. The molecule has 0 radical (unpaired) electrons. The molecule has 0 fully saturated rings. The van der Waals surface area contributed by atoms with Crippen LogP contribution in [-0.4, -0.2) is 41.0 Å². The first-order chi connectivity index (χ1) is 13.6. The Morgan fingerprint density at radius 3 is 2.68 bits per heavy atom. The van der Waals surface area contributed by atoms with Crippen molar-refractivity contribution < 1.29 is 13.9 Å². The number of hydrogen-bond acceptors (Lipinski definition) is 4. The number of benzene rings is 2. The Morgan fingerprint density at radius 1 is 1.18 bits per heavy atom. The quantitative estimate of drug-likeness (QED) is 0.649. The van der Waals surface area contributed by atoms with Gasteiger partial charge in [0.25, 0.3) is 5.56 Å². The van der Waals surface area contributed by atoms with Crippen LogP contribution < -0.4 is 5.56 Å². The third kappa shape index (κ3) is 5.01. The number of amides is 1. The molecular formula is C21H22FN3O3. The fraction of sp³-hybridized carbons (Fsp3) is 0.286. The summed E-state index contributed by atoms with van der Waals surface area (Å²) >= 11 is 0. The molecule has 3 aromatic rings. The predicted octanol–water partition coefficient (Wildman–Crippen LogP) is 2.67. The number of para-hydroxylation sites is 1. The third-order valence-corrected chi connectivity index (χ3v) is 4.46. The van der Waals surface area contributed by atoms with Crippen LogP contribution in [-0.2, 0) is 22.5 Å². The van der Waals surface area contributed by atoms with Crippen molar-refractivity contribution in [1.82, 2.24) is 14.9 Å². The number of hydrogen-bond donors (Lipinski definition) is 1. The Balaban J connectivity index is 1.73. The molecule has 28 heavy (non-hydrogen) atoms. The van der Waals surface area contributed by atoms with Crippen LogP contribution in [0.5, 0.6) is 0 Å². The molecule has 7 heteroatoms. The van der Waals surface area contributed by atoms with Gasteiger partial charge in [-0.05, 0) is 36.2 Å². The number of fused-ring (bicyclic) bond motifs is 1. The number of aryl methyl sites for hydroxylation is 1. The number of carbonyl (C=O) groups is 1. The summed E-state index contributed by atoms with van der Waals surface area (Å²) in [5, 5.41) is 0.511. The van der Waals surface area contributed by atoms with Crippen molar-refractivity contribution in [2.75, 3.05) is 20.3 Å². The van der Waals surface area contributed by atoms with Gasteiger partial charge in [0.15, 0.2) is 0 Å². The van der Waals surface area contributed by atoms with Gasteiger partial charge >= 0.3 is 0 Å². The van der Waals surface area contributed by atoms with Crippen LogP contribution in [0, 0.1) is 5.82 Å². The first kappa shape index (κ1) is 19.7. The zero-order chi connectivity index (χ0) is 19.9. The Hall–Kier alpha value is -3.06. The number of aromatic amines is 1. The summed E-state index contributed by atoms with van der Waals surface area (Å²) in [5.74, 6) is 0.0373. The standard InChI is InChI=1S/C21H22FN3O3/c1-28-13-12-25(20(26)11-8-15-6-9-16(22)10-7-15)14-19-23-18-5-3-2-4-17(18)21(27)24-19/h2-7,9-10H,8,11-14H2,1H3,(H,23,24,27). The molecule has 0 saturated heterocycles. The molecule has 6 nitrogen and oxygen atoms in total. The van der Waals surface area contributed by atoms with Crippen LogP contribution in [0.3, 0.4) is 0 Å². The van der Waals surface area contributed by atoms with E-state index in [0.717, 1.165) is 5.56 Å². The minimum Gasteiger partial charge on any atom is -0.383 e. The van der Waals surface area contributed by atoms with E-state index in [0.29, 0.717) is 36.3 Å². The highest BCUT2D eigenvalue weighted by molar-refractivity contribution is 5.78. The van der Waals surface area contributed by atoms with Gasteiger partial charge in [-0.25, -0.2) is 9.37 Å². The summed E-state index contributed by atoms with van der Waals surface area (Å²) in [7, 11) is 1.57. The van der Waals surface area contributed by atoms with E-state index in [9.17, 15) is 14.0 Å². The number of halogens is 1. The van der Waals surface area contributed by atoms with Crippen molar-refractivity contribution in [3.63, 3.8) is 0 Å². The molecule has 1 N–H and O–H groups in total. The van der Waals surface area contributed by atoms with E-state index < -0.39 is 0 Å². The van der Waals surface area contributed by atoms with Crippen molar-refractivity contribution in [3.8, 4) is 0 Å². The minimum atomic E-state index is -0.303. The first-order valence-corrected chi connectivity index (χ1v) is 9.06. The highest BCUT2D eigenvalue weighted by Gasteiger charge is 2.16. The normalized spacial score (nSPS) is 10.9. The number of aromatic nitrogens is 2. The smallest absolute Gasteiger partial charge is 0.258 e. The van der Waals surface area contributed by atoms with Gasteiger partial charge < -0.3 is 14.6 Å². The summed E-state index contributed by atoms with van der Waals surface area (Å²) in [6.45, 7) is 0.946. The summed E-state index contributed by atoms with van der Waals surface area (Å²) in [6.07, 6.45) is 0.775. The van der Waals surface area contributed by atoms with E-state index in [2.05, 4.69) is 9.97 Å². The Bertz CT molecular complexity index is 1000. The third-order valence-electron chi connectivity index (χ3n) is 4.46. The van der Waals surface area contributed by atoms with Crippen molar-refractivity contribution in [2.24, 2.45) is 0 Å². The van der Waals surface area contributed by atoms with Crippen LogP contribution in [0.25, 0.3) is 10.9 Å². The van der Waals surface area contributed by atoms with Crippen molar-refractivity contribution >= 4 is 16.8 Å². The van der Waals surface area contributed by atoms with E-state index in [1.807, 2.05) is 6.07 Å². The fourth-order valence-corrected chi connectivity index (χ4v) is 2.94. The summed E-state index contributed by atoms with van der Waals surface area (Å²) in [4.78, 5) is 33.8. The van der Waals surface area contributed by atoms with Crippen molar-refractivity contribution in [1.29, 1.82) is 0 Å². The molecule has 146 valence electrons. The van der Waals surface area contributed by atoms with Crippen molar-refractivity contribution in [2.45, 2.75) is 19.4 Å². The molecule has 0 aliphatic rings. The fourth-order valence-electron chi connectivity index (χ4n) is 2.94. The number of nitrogens with zero attached hydrogens (tertiary/aromatic N) is 2. The molecule has 1 amide bonds. The van der Waals surface area contributed by atoms with Gasteiger partial charge in [0.05, 0.1) is 24.1 Å². The molecule has 1 aromatic heterocycles. The van der Waals surface area contributed by atoms with Crippen LogP contribution >= 0.6 is 0 Å². The number of ether oxygens (including phenoxy) is 1. The van der Waals surface area contributed by atoms with E-state index in [1.165, 1.54) is 12.1 Å². The summed E-state index contributed by atoms with van der Waals surface area (Å²) in [5.41, 5.74) is 1.25. The second-order valence-electron chi connectivity index (χ2n) is 6.46. The maximum atomic E-state index is 13.0. The highest BCUT2D eigenvalue weighted by Crippen LogP contribution is 2.10. The molecule has 0 aliphatic carbocycles.